The summed E-state index contributed by atoms with van der Waals surface area (Å²) in [6, 6.07) is 27.8. The first-order valence-corrected chi connectivity index (χ1v) is 22.6. The van der Waals surface area contributed by atoms with Crippen LogP contribution < -0.4 is 50.6 Å². The van der Waals surface area contributed by atoms with E-state index < -0.39 is 35.8 Å². The summed E-state index contributed by atoms with van der Waals surface area (Å²) in [5.41, 5.74) is 7.90. The Morgan fingerprint density at radius 1 is 0.676 bits per heavy atom. The third-order valence-corrected chi connectivity index (χ3v) is 12.5. The van der Waals surface area contributed by atoms with Crippen molar-refractivity contribution in [3.8, 4) is 17.2 Å². The minimum absolute atomic E-state index is 0.0196. The predicted octanol–water partition coefficient (Wildman–Crippen LogP) is 6.36. The van der Waals surface area contributed by atoms with Gasteiger partial charge in [-0.3, -0.25) is 38.6 Å². The van der Waals surface area contributed by atoms with E-state index in [1.54, 1.807) is 52.3 Å². The number of amides is 5. The number of ether oxygens (including phenoxy) is 3. The minimum atomic E-state index is -1.01. The highest BCUT2D eigenvalue weighted by Crippen LogP contribution is 2.43. The van der Waals surface area contributed by atoms with E-state index in [0.717, 1.165) is 22.5 Å². The molecule has 350 valence electrons. The number of carboxylic acid groups (broad SMARTS) is 1. The van der Waals surface area contributed by atoms with E-state index in [4.69, 9.17) is 19.3 Å². The van der Waals surface area contributed by atoms with Crippen molar-refractivity contribution in [1.29, 1.82) is 0 Å². The van der Waals surface area contributed by atoms with E-state index in [-0.39, 0.29) is 50.2 Å². The van der Waals surface area contributed by atoms with Crippen LogP contribution in [0.2, 0.25) is 0 Å². The third kappa shape index (κ3) is 9.32. The Kier molecular flexibility index (Phi) is 12.6. The molecule has 0 unspecified atom stereocenters. The van der Waals surface area contributed by atoms with Gasteiger partial charge in [-0.2, -0.15) is 0 Å². The van der Waals surface area contributed by atoms with Gasteiger partial charge in [0.05, 0.1) is 29.6 Å². The number of fused-ring (bicyclic) bond motifs is 8. The van der Waals surface area contributed by atoms with Crippen LogP contribution in [-0.4, -0.2) is 72.1 Å². The highest BCUT2D eigenvalue weighted by atomic mass is 16.5. The van der Waals surface area contributed by atoms with Gasteiger partial charge in [0.15, 0.2) is 11.5 Å². The summed E-state index contributed by atoms with van der Waals surface area (Å²) in [5, 5.41) is 24.0. The molecule has 0 bridgehead atoms. The molecule has 9 rings (SSSR count). The first-order chi connectivity index (χ1) is 32.8. The summed E-state index contributed by atoms with van der Waals surface area (Å²) in [7, 11) is 1.50. The van der Waals surface area contributed by atoms with Crippen LogP contribution in [-0.2, 0) is 45.2 Å². The number of carbonyl (C=O) groups excluding carboxylic acids is 5. The van der Waals surface area contributed by atoms with Crippen LogP contribution in [0.4, 0.5) is 28.4 Å². The topological polar surface area (TPSA) is 217 Å². The predicted molar refractivity (Wildman–Crippen MR) is 253 cm³/mol. The first-order valence-electron chi connectivity index (χ1n) is 22.6. The second-order valence-corrected chi connectivity index (χ2v) is 17.3. The fourth-order valence-corrected chi connectivity index (χ4v) is 9.10. The van der Waals surface area contributed by atoms with Crippen molar-refractivity contribution in [3.63, 3.8) is 0 Å². The van der Waals surface area contributed by atoms with Crippen molar-refractivity contribution in [3.05, 3.63) is 130 Å². The molecule has 17 nitrogen and oxygen atoms in total. The maximum atomic E-state index is 13.8. The Bertz CT molecular complexity index is 2850. The SMILES string of the molecule is COc1cc2c(cc1OCc1cc(COc3ccc4c(c3)N[C@H]3Cc5ccccc5N3C4=O)cc(NC(=O)[C@H](C)NC(=O)[C@H](C)NC(=O)CCCCC(=O)O)c1)N[C@@H]1Cc3ccccc3N1C2=O. The third-order valence-electron chi connectivity index (χ3n) is 12.5. The van der Waals surface area contributed by atoms with Gasteiger partial charge in [0.25, 0.3) is 11.8 Å². The zero-order chi connectivity index (χ0) is 47.6. The van der Waals surface area contributed by atoms with Crippen molar-refractivity contribution in [2.75, 3.05) is 32.9 Å². The lowest BCUT2D eigenvalue weighted by molar-refractivity contribution is -0.137. The molecule has 68 heavy (non-hydrogen) atoms. The number of carbonyl (C=O) groups is 6. The van der Waals surface area contributed by atoms with Crippen LogP contribution in [0.3, 0.4) is 0 Å². The van der Waals surface area contributed by atoms with Gasteiger partial charge in [0.2, 0.25) is 17.7 Å². The van der Waals surface area contributed by atoms with Crippen LogP contribution >= 0.6 is 0 Å². The fourth-order valence-electron chi connectivity index (χ4n) is 9.10. The molecule has 0 aliphatic carbocycles. The number of nitrogens with one attached hydrogen (secondary N) is 5. The molecule has 4 atom stereocenters. The molecule has 0 saturated carbocycles. The Hall–Kier alpha value is -8.08. The number of rotatable bonds is 17. The van der Waals surface area contributed by atoms with Gasteiger partial charge in [-0.25, -0.2) is 0 Å². The van der Waals surface area contributed by atoms with Crippen molar-refractivity contribution in [1.82, 2.24) is 10.6 Å². The molecule has 4 aliphatic heterocycles. The Balaban J connectivity index is 0.906. The Morgan fingerprint density at radius 3 is 1.91 bits per heavy atom. The molecule has 0 saturated heterocycles. The summed E-state index contributed by atoms with van der Waals surface area (Å²) in [6.07, 6.45) is 1.55. The van der Waals surface area contributed by atoms with Gasteiger partial charge in [0, 0.05) is 54.9 Å². The zero-order valence-corrected chi connectivity index (χ0v) is 37.7. The van der Waals surface area contributed by atoms with E-state index in [2.05, 4.69) is 26.6 Å². The van der Waals surface area contributed by atoms with Crippen molar-refractivity contribution < 1.29 is 48.1 Å². The summed E-state index contributed by atoms with van der Waals surface area (Å²) in [6.45, 7) is 3.11. The quantitative estimate of drug-likeness (QED) is 0.0563. The number of para-hydroxylation sites is 2. The molecule has 0 spiro atoms. The number of methoxy groups -OCH3 is 1. The maximum absolute atomic E-state index is 13.8. The number of hydrogen-bond acceptors (Lipinski definition) is 11. The van der Waals surface area contributed by atoms with Gasteiger partial charge < -0.3 is 45.9 Å². The van der Waals surface area contributed by atoms with Gasteiger partial charge in [-0.1, -0.05) is 36.4 Å². The van der Waals surface area contributed by atoms with Crippen LogP contribution in [0, 0.1) is 0 Å². The van der Waals surface area contributed by atoms with Crippen molar-refractivity contribution >= 4 is 63.9 Å². The molecular weight excluding hydrogens is 871 g/mol. The standard InChI is InChI=1S/C51H51N7O10/c1-28(52-46(59)14-8-9-15-47(60)61)48(62)53-29(2)49(63)54-34-19-30(26-67-35-16-17-36-38(23-35)55-44-21-32-10-4-6-12-40(32)57(44)50(36)64)18-31(20-34)27-68-43-25-39-37(24-42(43)66-3)51(65)58-41-13-7-5-11-33(41)22-45(58)56-39/h4-7,10-13,16-20,23-25,28-29,44-45,55-56H,8-9,14-15,21-22,26-27H2,1-3H3,(H,52,59)(H,53,62)(H,54,63)(H,60,61)/t28-,29-,44+,45-/m0/s1. The number of aliphatic carboxylic acids is 1. The van der Waals surface area contributed by atoms with Crippen LogP contribution in [0.15, 0.2) is 97.1 Å². The van der Waals surface area contributed by atoms with E-state index in [1.165, 1.54) is 21.0 Å². The van der Waals surface area contributed by atoms with Gasteiger partial charge in [0.1, 0.15) is 43.4 Å². The lowest BCUT2D eigenvalue weighted by atomic mass is 10.1. The molecule has 6 N–H and O–H groups in total. The fraction of sp³-hybridized carbons (Fsp3) is 0.294. The normalized spacial score (nSPS) is 16.8. The smallest absolute Gasteiger partial charge is 0.303 e. The monoisotopic (exact) mass is 921 g/mol. The average Bonchev–Trinajstić information content (AvgIpc) is 3.89. The van der Waals surface area contributed by atoms with Crippen LogP contribution in [0.25, 0.3) is 0 Å². The molecular formula is C51H51N7O10. The van der Waals surface area contributed by atoms with E-state index in [9.17, 15) is 28.8 Å². The van der Waals surface area contributed by atoms with Crippen LogP contribution in [0.1, 0.15) is 82.5 Å². The van der Waals surface area contributed by atoms with Crippen molar-refractivity contribution in [2.24, 2.45) is 0 Å². The highest BCUT2D eigenvalue weighted by molar-refractivity contribution is 6.14. The largest absolute Gasteiger partial charge is 0.493 e. The molecule has 4 heterocycles. The Labute approximate surface area is 392 Å². The molecule has 5 aromatic rings. The van der Waals surface area contributed by atoms with Crippen molar-refractivity contribution in [2.45, 2.75) is 90.0 Å². The molecule has 5 amide bonds. The van der Waals surface area contributed by atoms with Gasteiger partial charge in [-0.05, 0) is 97.5 Å². The number of unbranched alkanes of at least 4 members (excludes halogenated alkanes) is 1. The van der Waals surface area contributed by atoms with Gasteiger partial charge >= 0.3 is 5.97 Å². The molecule has 0 radical (unpaired) electrons. The lowest BCUT2D eigenvalue weighted by Crippen LogP contribution is -2.50. The summed E-state index contributed by atoms with van der Waals surface area (Å²) in [4.78, 5) is 80.8. The number of nitrogens with zero attached hydrogens (tertiary/aromatic N) is 2. The number of hydrogen-bond donors (Lipinski definition) is 6. The van der Waals surface area contributed by atoms with E-state index >= 15 is 0 Å². The van der Waals surface area contributed by atoms with Crippen LogP contribution in [0.5, 0.6) is 17.2 Å². The summed E-state index contributed by atoms with van der Waals surface area (Å²) >= 11 is 0. The summed E-state index contributed by atoms with van der Waals surface area (Å²) in [5.74, 6) is -1.42. The maximum Gasteiger partial charge on any atom is 0.303 e. The van der Waals surface area contributed by atoms with Gasteiger partial charge in [-0.15, -0.1) is 0 Å². The summed E-state index contributed by atoms with van der Waals surface area (Å²) < 4.78 is 18.4. The van der Waals surface area contributed by atoms with E-state index in [0.29, 0.717) is 82.2 Å². The first kappa shape index (κ1) is 45.1. The molecule has 0 aromatic heterocycles. The minimum Gasteiger partial charge on any atom is -0.493 e. The van der Waals surface area contributed by atoms with E-state index in [1.807, 2.05) is 54.6 Å². The Morgan fingerprint density at radius 2 is 1.26 bits per heavy atom. The second-order valence-electron chi connectivity index (χ2n) is 17.3. The second kappa shape index (κ2) is 19.0. The highest BCUT2D eigenvalue weighted by Gasteiger charge is 2.41. The molecule has 17 heteroatoms. The average molecular weight is 922 g/mol. The molecule has 5 aromatic carbocycles. The number of anilines is 5. The zero-order valence-electron chi connectivity index (χ0n) is 37.7. The number of carboxylic acids is 1. The molecule has 4 aliphatic rings. The molecule has 0 fully saturated rings. The lowest BCUT2D eigenvalue weighted by Gasteiger charge is -2.33. The number of benzene rings is 5.